The summed E-state index contributed by atoms with van der Waals surface area (Å²) in [5, 5.41) is 0. The van der Waals surface area contributed by atoms with Gasteiger partial charge in [0.1, 0.15) is 0 Å². The van der Waals surface area contributed by atoms with Gasteiger partial charge in [0.05, 0.1) is 14.2 Å². The first kappa shape index (κ1) is 14.9. The minimum atomic E-state index is 0.0480. The summed E-state index contributed by atoms with van der Waals surface area (Å²) in [6, 6.07) is 5.36. The highest BCUT2D eigenvalue weighted by Gasteiger charge is 2.30. The fourth-order valence-corrected chi connectivity index (χ4v) is 3.04. The van der Waals surface area contributed by atoms with Crippen molar-refractivity contribution in [2.75, 3.05) is 20.8 Å². The molecule has 0 spiro atoms. The van der Waals surface area contributed by atoms with Crippen LogP contribution in [0.5, 0.6) is 11.5 Å². The molecule has 2 rings (SSSR count). The van der Waals surface area contributed by atoms with Crippen LogP contribution in [0.25, 0.3) is 0 Å². The summed E-state index contributed by atoms with van der Waals surface area (Å²) in [5.74, 6) is 1.78. The van der Waals surface area contributed by atoms with Gasteiger partial charge < -0.3 is 15.2 Å². The number of hydrogen-bond acceptors (Lipinski definition) is 4. The van der Waals surface area contributed by atoms with Crippen molar-refractivity contribution in [2.24, 2.45) is 17.6 Å². The molecular formula is C16H23NO3. The predicted octanol–water partition coefficient (Wildman–Crippen LogP) is 2.65. The fourth-order valence-electron chi connectivity index (χ4n) is 3.04. The van der Waals surface area contributed by atoms with Gasteiger partial charge in [0.2, 0.25) is 0 Å². The van der Waals surface area contributed by atoms with E-state index in [0.717, 1.165) is 19.3 Å². The zero-order valence-electron chi connectivity index (χ0n) is 12.2. The Kier molecular flexibility index (Phi) is 5.01. The number of benzene rings is 1. The Hall–Kier alpha value is -1.55. The van der Waals surface area contributed by atoms with Crippen LogP contribution < -0.4 is 15.2 Å². The standard InChI is InChI=1S/C16H23NO3/c1-19-14-8-7-11(9-15(14)20-2)16(18)13-6-4-3-5-12(13)10-17/h7-9,12-13H,3-6,10,17H2,1-2H3. The lowest BCUT2D eigenvalue weighted by Gasteiger charge is -2.29. The number of rotatable bonds is 5. The number of nitrogens with two attached hydrogens (primary N) is 1. The van der Waals surface area contributed by atoms with Crippen LogP contribution in [-0.2, 0) is 0 Å². The van der Waals surface area contributed by atoms with Crippen LogP contribution in [0.1, 0.15) is 36.0 Å². The maximum absolute atomic E-state index is 12.7. The predicted molar refractivity (Wildman–Crippen MR) is 78.4 cm³/mol. The molecule has 20 heavy (non-hydrogen) atoms. The summed E-state index contributed by atoms with van der Waals surface area (Å²) in [6.07, 6.45) is 4.28. The molecule has 4 nitrogen and oxygen atoms in total. The minimum absolute atomic E-state index is 0.0480. The van der Waals surface area contributed by atoms with Crippen LogP contribution in [0.4, 0.5) is 0 Å². The minimum Gasteiger partial charge on any atom is -0.493 e. The molecule has 1 aliphatic rings. The molecule has 2 N–H and O–H groups in total. The van der Waals surface area contributed by atoms with Crippen LogP contribution >= 0.6 is 0 Å². The summed E-state index contributed by atoms with van der Waals surface area (Å²) in [7, 11) is 3.17. The zero-order chi connectivity index (χ0) is 14.5. The molecule has 2 unspecified atom stereocenters. The van der Waals surface area contributed by atoms with E-state index < -0.39 is 0 Å². The van der Waals surface area contributed by atoms with Crippen LogP contribution in [0.2, 0.25) is 0 Å². The first-order valence-corrected chi connectivity index (χ1v) is 7.17. The summed E-state index contributed by atoms with van der Waals surface area (Å²) in [5.41, 5.74) is 6.50. The molecule has 0 saturated heterocycles. The normalized spacial score (nSPS) is 22.4. The van der Waals surface area contributed by atoms with E-state index in [1.165, 1.54) is 6.42 Å². The van der Waals surface area contributed by atoms with Crippen LogP contribution in [0.3, 0.4) is 0 Å². The highest BCUT2D eigenvalue weighted by molar-refractivity contribution is 5.98. The molecule has 0 heterocycles. The summed E-state index contributed by atoms with van der Waals surface area (Å²) in [6.45, 7) is 0.587. The van der Waals surface area contributed by atoms with Crippen molar-refractivity contribution in [1.82, 2.24) is 0 Å². The van der Waals surface area contributed by atoms with Gasteiger partial charge in [0, 0.05) is 11.5 Å². The topological polar surface area (TPSA) is 61.5 Å². The van der Waals surface area contributed by atoms with E-state index in [4.69, 9.17) is 15.2 Å². The molecule has 1 aromatic rings. The highest BCUT2D eigenvalue weighted by atomic mass is 16.5. The quantitative estimate of drug-likeness (QED) is 0.840. The molecule has 1 aromatic carbocycles. The van der Waals surface area contributed by atoms with Crippen molar-refractivity contribution in [3.63, 3.8) is 0 Å². The third kappa shape index (κ3) is 2.96. The second-order valence-corrected chi connectivity index (χ2v) is 5.32. The average Bonchev–Trinajstić information content (AvgIpc) is 2.53. The number of ketones is 1. The van der Waals surface area contributed by atoms with Gasteiger partial charge in [-0.25, -0.2) is 0 Å². The highest BCUT2D eigenvalue weighted by Crippen LogP contribution is 2.34. The van der Waals surface area contributed by atoms with Gasteiger partial charge in [-0.3, -0.25) is 4.79 Å². The van der Waals surface area contributed by atoms with Gasteiger partial charge >= 0.3 is 0 Å². The molecule has 110 valence electrons. The third-order valence-corrected chi connectivity index (χ3v) is 4.22. The Bertz CT molecular complexity index is 473. The average molecular weight is 277 g/mol. The van der Waals surface area contributed by atoms with Gasteiger partial charge in [-0.15, -0.1) is 0 Å². The van der Waals surface area contributed by atoms with E-state index in [2.05, 4.69) is 0 Å². The molecule has 1 saturated carbocycles. The molecule has 1 aliphatic carbocycles. The maximum atomic E-state index is 12.7. The number of carbonyl (C=O) groups excluding carboxylic acids is 1. The lowest BCUT2D eigenvalue weighted by molar-refractivity contribution is 0.0829. The summed E-state index contributed by atoms with van der Waals surface area (Å²) < 4.78 is 10.5. The lowest BCUT2D eigenvalue weighted by Crippen LogP contribution is -2.32. The number of methoxy groups -OCH3 is 2. The smallest absolute Gasteiger partial charge is 0.166 e. The third-order valence-electron chi connectivity index (χ3n) is 4.22. The molecule has 1 fully saturated rings. The zero-order valence-corrected chi connectivity index (χ0v) is 12.2. The molecule has 0 radical (unpaired) electrons. The first-order valence-electron chi connectivity index (χ1n) is 7.17. The van der Waals surface area contributed by atoms with Crippen molar-refractivity contribution in [3.05, 3.63) is 23.8 Å². The Morgan fingerprint density at radius 1 is 1.20 bits per heavy atom. The Morgan fingerprint density at radius 3 is 2.55 bits per heavy atom. The van der Waals surface area contributed by atoms with E-state index in [1.54, 1.807) is 26.4 Å². The van der Waals surface area contributed by atoms with E-state index in [9.17, 15) is 4.79 Å². The molecule has 2 atom stereocenters. The van der Waals surface area contributed by atoms with Crippen molar-refractivity contribution in [1.29, 1.82) is 0 Å². The van der Waals surface area contributed by atoms with Crippen molar-refractivity contribution >= 4 is 5.78 Å². The van der Waals surface area contributed by atoms with Crippen LogP contribution in [-0.4, -0.2) is 26.5 Å². The molecule has 0 bridgehead atoms. The van der Waals surface area contributed by atoms with E-state index in [1.807, 2.05) is 6.07 Å². The number of carbonyl (C=O) groups is 1. The van der Waals surface area contributed by atoms with Gasteiger partial charge in [-0.05, 0) is 43.5 Å². The van der Waals surface area contributed by atoms with E-state index >= 15 is 0 Å². The molecule has 0 aromatic heterocycles. The largest absolute Gasteiger partial charge is 0.493 e. The maximum Gasteiger partial charge on any atom is 0.166 e. The molecular weight excluding hydrogens is 254 g/mol. The Morgan fingerprint density at radius 2 is 1.90 bits per heavy atom. The van der Waals surface area contributed by atoms with Gasteiger partial charge in [0.15, 0.2) is 17.3 Å². The number of ether oxygens (including phenoxy) is 2. The molecule has 0 amide bonds. The number of Topliss-reactive ketones (excluding diaryl/α,β-unsaturated/α-hetero) is 1. The van der Waals surface area contributed by atoms with Gasteiger partial charge in [-0.1, -0.05) is 12.8 Å². The molecule has 0 aliphatic heterocycles. The SMILES string of the molecule is COc1ccc(C(=O)C2CCCCC2CN)cc1OC. The van der Waals surface area contributed by atoms with Crippen LogP contribution in [0, 0.1) is 11.8 Å². The van der Waals surface area contributed by atoms with Gasteiger partial charge in [0.25, 0.3) is 0 Å². The Balaban J connectivity index is 2.23. The first-order chi connectivity index (χ1) is 9.71. The Labute approximate surface area is 120 Å². The van der Waals surface area contributed by atoms with E-state index in [0.29, 0.717) is 29.5 Å². The second kappa shape index (κ2) is 6.75. The fraction of sp³-hybridized carbons (Fsp3) is 0.562. The number of hydrogen-bond donors (Lipinski definition) is 1. The summed E-state index contributed by atoms with van der Waals surface area (Å²) >= 11 is 0. The van der Waals surface area contributed by atoms with Crippen LogP contribution in [0.15, 0.2) is 18.2 Å². The summed E-state index contributed by atoms with van der Waals surface area (Å²) in [4.78, 5) is 12.7. The second-order valence-electron chi connectivity index (χ2n) is 5.32. The lowest BCUT2D eigenvalue weighted by atomic mass is 9.75. The molecule has 4 heteroatoms. The van der Waals surface area contributed by atoms with E-state index in [-0.39, 0.29) is 11.7 Å². The van der Waals surface area contributed by atoms with Gasteiger partial charge in [-0.2, -0.15) is 0 Å². The monoisotopic (exact) mass is 277 g/mol. The van der Waals surface area contributed by atoms with Crippen molar-refractivity contribution in [3.8, 4) is 11.5 Å². The van der Waals surface area contributed by atoms with Crippen molar-refractivity contribution < 1.29 is 14.3 Å². The van der Waals surface area contributed by atoms with Crippen molar-refractivity contribution in [2.45, 2.75) is 25.7 Å².